The Bertz CT molecular complexity index is 171. The van der Waals surface area contributed by atoms with Crippen LogP contribution in [0.4, 0.5) is 5.82 Å². The SMILES string of the molecule is Cc1ccnc([NH-])c1.[Ac]. The molecule has 1 N–H and O–H groups in total. The van der Waals surface area contributed by atoms with Crippen molar-refractivity contribution in [1.29, 1.82) is 0 Å². The summed E-state index contributed by atoms with van der Waals surface area (Å²) in [5.74, 6) is 0.338. The minimum atomic E-state index is 0. The van der Waals surface area contributed by atoms with Gasteiger partial charge in [-0.3, -0.25) is 0 Å². The molecule has 9 heavy (non-hydrogen) atoms. The van der Waals surface area contributed by atoms with E-state index in [0.29, 0.717) is 5.82 Å². The molecular weight excluding hydrogens is 327 g/mol. The van der Waals surface area contributed by atoms with Crippen molar-refractivity contribution in [2.75, 3.05) is 0 Å². The molecule has 2 nitrogen and oxygen atoms in total. The van der Waals surface area contributed by atoms with Gasteiger partial charge in [0, 0.05) is 44.1 Å². The predicted molar refractivity (Wildman–Crippen MR) is 33.0 cm³/mol. The maximum Gasteiger partial charge on any atom is 0 e. The number of nitrogens with one attached hydrogen (secondary N) is 1. The average molecular weight is 334 g/mol. The van der Waals surface area contributed by atoms with Gasteiger partial charge in [-0.2, -0.15) is 0 Å². The van der Waals surface area contributed by atoms with Crippen molar-refractivity contribution >= 4 is 5.82 Å². The average Bonchev–Trinajstić information content (AvgIpc) is 1.64. The molecule has 0 spiro atoms. The van der Waals surface area contributed by atoms with Crippen LogP contribution in [0.2, 0.25) is 0 Å². The fraction of sp³-hybridized carbons (Fsp3) is 0.167. The fourth-order valence-corrected chi connectivity index (χ4v) is 0.536. The molecule has 0 amide bonds. The van der Waals surface area contributed by atoms with Crippen LogP contribution in [0.1, 0.15) is 5.56 Å². The summed E-state index contributed by atoms with van der Waals surface area (Å²) < 4.78 is 0. The van der Waals surface area contributed by atoms with Crippen LogP contribution in [-0.4, -0.2) is 4.98 Å². The van der Waals surface area contributed by atoms with Gasteiger partial charge in [-0.1, -0.05) is 29.7 Å². The van der Waals surface area contributed by atoms with E-state index in [2.05, 4.69) is 4.98 Å². The van der Waals surface area contributed by atoms with Crippen LogP contribution < -0.4 is 0 Å². The summed E-state index contributed by atoms with van der Waals surface area (Å²) in [4.78, 5) is 3.71. The first-order chi connectivity index (χ1) is 3.79. The molecule has 0 atom stereocenters. The Morgan fingerprint density at radius 1 is 1.56 bits per heavy atom. The summed E-state index contributed by atoms with van der Waals surface area (Å²) >= 11 is 0. The maximum absolute atomic E-state index is 7.02. The molecule has 0 bridgehead atoms. The summed E-state index contributed by atoms with van der Waals surface area (Å²) in [6.45, 7) is 1.94. The molecule has 0 aliphatic carbocycles. The minimum Gasteiger partial charge on any atom is -0.482 e. The van der Waals surface area contributed by atoms with Crippen molar-refractivity contribution in [2.45, 2.75) is 6.92 Å². The maximum atomic E-state index is 7.02. The van der Waals surface area contributed by atoms with E-state index in [1.807, 2.05) is 13.0 Å². The van der Waals surface area contributed by atoms with Crippen LogP contribution in [0.25, 0.3) is 5.73 Å². The van der Waals surface area contributed by atoms with Crippen molar-refractivity contribution in [3.63, 3.8) is 0 Å². The van der Waals surface area contributed by atoms with Gasteiger partial charge in [0.05, 0.1) is 0 Å². The van der Waals surface area contributed by atoms with Crippen LogP contribution in [0.5, 0.6) is 0 Å². The Balaban J connectivity index is 0.000000640. The summed E-state index contributed by atoms with van der Waals surface area (Å²) in [6.07, 6.45) is 1.64. The number of pyridine rings is 1. The second-order valence-electron chi connectivity index (χ2n) is 1.72. The quantitative estimate of drug-likeness (QED) is 0.716. The second kappa shape index (κ2) is 4.25. The first-order valence-corrected chi connectivity index (χ1v) is 2.43. The van der Waals surface area contributed by atoms with Crippen LogP contribution in [-0.2, 0) is 0 Å². The Labute approximate surface area is 90.4 Å². The zero-order chi connectivity index (χ0) is 5.98. The molecule has 0 saturated carbocycles. The molecule has 0 fully saturated rings. The molecule has 0 aliphatic rings. The van der Waals surface area contributed by atoms with E-state index in [9.17, 15) is 0 Å². The smallest absolute Gasteiger partial charge is 0 e. The van der Waals surface area contributed by atoms with E-state index in [-0.39, 0.29) is 44.1 Å². The summed E-state index contributed by atoms with van der Waals surface area (Å²) in [5.41, 5.74) is 8.11. The second-order valence-corrected chi connectivity index (χ2v) is 1.72. The number of aromatic nitrogens is 1. The molecule has 1 rings (SSSR count). The molecule has 0 unspecified atom stereocenters. The third-order valence-electron chi connectivity index (χ3n) is 0.915. The number of hydrogen-bond donors (Lipinski definition) is 0. The molecule has 1 heterocycles. The van der Waals surface area contributed by atoms with E-state index in [1.165, 1.54) is 0 Å². The van der Waals surface area contributed by atoms with Crippen LogP contribution in [0.3, 0.4) is 0 Å². The Morgan fingerprint density at radius 3 is 2.56 bits per heavy atom. The zero-order valence-corrected chi connectivity index (χ0v) is 10.0. The van der Waals surface area contributed by atoms with E-state index in [1.54, 1.807) is 12.3 Å². The van der Waals surface area contributed by atoms with E-state index >= 15 is 0 Å². The minimum absolute atomic E-state index is 0. The summed E-state index contributed by atoms with van der Waals surface area (Å²) in [6, 6.07) is 3.60. The number of rotatable bonds is 0. The van der Waals surface area contributed by atoms with E-state index < -0.39 is 0 Å². The fourth-order valence-electron chi connectivity index (χ4n) is 0.536. The molecule has 3 heteroatoms. The summed E-state index contributed by atoms with van der Waals surface area (Å²) in [7, 11) is 0. The van der Waals surface area contributed by atoms with Gasteiger partial charge in [0.2, 0.25) is 0 Å². The zero-order valence-electron chi connectivity index (χ0n) is 5.26. The van der Waals surface area contributed by atoms with Crippen molar-refractivity contribution < 1.29 is 44.1 Å². The molecule has 0 aliphatic heterocycles. The van der Waals surface area contributed by atoms with Gasteiger partial charge in [-0.05, 0) is 6.92 Å². The van der Waals surface area contributed by atoms with Crippen LogP contribution in [0.15, 0.2) is 18.3 Å². The van der Waals surface area contributed by atoms with Gasteiger partial charge in [0.15, 0.2) is 0 Å². The third-order valence-corrected chi connectivity index (χ3v) is 0.915. The normalized spacial score (nSPS) is 8.11. The summed E-state index contributed by atoms with van der Waals surface area (Å²) in [5, 5.41) is 0. The van der Waals surface area contributed by atoms with Gasteiger partial charge in [-0.15, -0.1) is 0 Å². The predicted octanol–water partition coefficient (Wildman–Crippen LogP) is 2.07. The van der Waals surface area contributed by atoms with E-state index in [0.717, 1.165) is 5.56 Å². The van der Waals surface area contributed by atoms with Crippen molar-refractivity contribution in [2.24, 2.45) is 0 Å². The molecule has 1 aromatic rings. The standard InChI is InChI=1S/C6H7N2.Ac/c1-5-2-3-8-6(7)4-5;/h2-4H,1H3,(H-,7,8);/q-1;. The monoisotopic (exact) mass is 334 g/mol. The first-order valence-electron chi connectivity index (χ1n) is 2.43. The molecule has 1 aromatic heterocycles. The van der Waals surface area contributed by atoms with Crippen LogP contribution in [0, 0.1) is 51.0 Å². The van der Waals surface area contributed by atoms with Gasteiger partial charge < -0.3 is 10.7 Å². The Kier molecular flexibility index (Phi) is 4.43. The van der Waals surface area contributed by atoms with Gasteiger partial charge in [0.1, 0.15) is 0 Å². The van der Waals surface area contributed by atoms with Crippen LogP contribution >= 0.6 is 0 Å². The third kappa shape index (κ3) is 3.17. The molecule has 0 aromatic carbocycles. The first kappa shape index (κ1) is 9.39. The van der Waals surface area contributed by atoms with Gasteiger partial charge in [0.25, 0.3) is 0 Å². The van der Waals surface area contributed by atoms with Crippen molar-refractivity contribution in [1.82, 2.24) is 4.98 Å². The Morgan fingerprint density at radius 2 is 2.22 bits per heavy atom. The molecule has 45 valence electrons. The molecule has 1 radical (unpaired) electrons. The number of hydrogen-bond acceptors (Lipinski definition) is 1. The molecular formula is C6H7AcN2-. The molecule has 0 saturated heterocycles. The van der Waals surface area contributed by atoms with Gasteiger partial charge in [-0.25, -0.2) is 0 Å². The topological polar surface area (TPSA) is 36.7 Å². The van der Waals surface area contributed by atoms with Gasteiger partial charge >= 0.3 is 0 Å². The number of nitrogens with zero attached hydrogens (tertiary/aromatic N) is 1. The Hall–Kier alpha value is 0.392. The van der Waals surface area contributed by atoms with Crippen molar-refractivity contribution in [3.05, 3.63) is 29.6 Å². The number of aryl methyl sites for hydroxylation is 1. The van der Waals surface area contributed by atoms with E-state index in [4.69, 9.17) is 5.73 Å². The largest absolute Gasteiger partial charge is 0.482 e. The van der Waals surface area contributed by atoms with Crippen molar-refractivity contribution in [3.8, 4) is 0 Å².